The minimum absolute atomic E-state index is 0.102. The Bertz CT molecular complexity index is 690. The van der Waals surface area contributed by atoms with E-state index in [2.05, 4.69) is 46.4 Å². The molecule has 25 heavy (non-hydrogen) atoms. The third-order valence-electron chi connectivity index (χ3n) is 6.29. The molecule has 1 aromatic heterocycles. The summed E-state index contributed by atoms with van der Waals surface area (Å²) in [6.07, 6.45) is 6.42. The predicted octanol–water partition coefficient (Wildman–Crippen LogP) is 4.32. The number of hydrogen-bond donors (Lipinski definition) is 1. The Hall–Kier alpha value is -1.10. The Kier molecular flexibility index (Phi) is 5.03. The Morgan fingerprint density at radius 1 is 1.12 bits per heavy atom. The Labute approximate surface area is 155 Å². The number of hydrogen-bond acceptors (Lipinski definition) is 4. The molecule has 2 aliphatic rings. The van der Waals surface area contributed by atoms with E-state index in [0.29, 0.717) is 0 Å². The van der Waals surface area contributed by atoms with Gasteiger partial charge in [0.15, 0.2) is 0 Å². The average Bonchev–Trinajstić information content (AvgIpc) is 3.10. The molecule has 4 heteroatoms. The van der Waals surface area contributed by atoms with Gasteiger partial charge in [0.1, 0.15) is 0 Å². The van der Waals surface area contributed by atoms with Gasteiger partial charge in [-0.1, -0.05) is 6.07 Å². The van der Waals surface area contributed by atoms with Crippen molar-refractivity contribution in [1.29, 1.82) is 0 Å². The number of nitrogens with zero attached hydrogens (tertiary/aromatic N) is 2. The third kappa shape index (κ3) is 4.02. The van der Waals surface area contributed by atoms with Crippen LogP contribution < -0.4 is 10.6 Å². The highest BCUT2D eigenvalue weighted by Crippen LogP contribution is 2.33. The lowest BCUT2D eigenvalue weighted by Gasteiger charge is -2.38. The summed E-state index contributed by atoms with van der Waals surface area (Å²) in [5.41, 5.74) is 7.79. The van der Waals surface area contributed by atoms with Crippen molar-refractivity contribution in [3.8, 4) is 0 Å². The largest absolute Gasteiger partial charge is 0.368 e. The third-order valence-corrected chi connectivity index (χ3v) is 7.17. The van der Waals surface area contributed by atoms with Crippen LogP contribution in [0.15, 0.2) is 29.6 Å². The Morgan fingerprint density at radius 3 is 2.64 bits per heavy atom. The average molecular weight is 358 g/mol. The Morgan fingerprint density at radius 2 is 1.88 bits per heavy atom. The van der Waals surface area contributed by atoms with Gasteiger partial charge < -0.3 is 10.6 Å². The first kappa shape index (κ1) is 17.3. The Balaban J connectivity index is 1.27. The van der Waals surface area contributed by atoms with E-state index in [9.17, 15) is 0 Å². The molecular weight excluding hydrogens is 326 g/mol. The van der Waals surface area contributed by atoms with Gasteiger partial charge in [-0.15, -0.1) is 11.3 Å². The molecule has 2 heterocycles. The molecular formula is C21H31N3S. The molecule has 1 aliphatic heterocycles. The first-order valence-corrected chi connectivity index (χ1v) is 10.7. The molecule has 1 saturated heterocycles. The summed E-state index contributed by atoms with van der Waals surface area (Å²) in [6.45, 7) is 8.18. The molecule has 2 fully saturated rings. The van der Waals surface area contributed by atoms with Crippen LogP contribution >= 0.6 is 11.3 Å². The minimum atomic E-state index is 0.102. The standard InChI is InChI=1S/C21H31N3S/c1-21(22)9-5-17(6-10-21)7-11-23-12-14-24(15-13-23)19-3-2-4-20-18(19)8-16-25-20/h2-4,8,16-17H,5-7,9-15,22H2,1H3. The summed E-state index contributed by atoms with van der Waals surface area (Å²) in [7, 11) is 0. The van der Waals surface area contributed by atoms with Crippen LogP contribution in [0.5, 0.6) is 0 Å². The second kappa shape index (κ2) is 7.26. The maximum atomic E-state index is 6.27. The van der Waals surface area contributed by atoms with Crippen molar-refractivity contribution in [2.24, 2.45) is 11.7 Å². The van der Waals surface area contributed by atoms with E-state index in [-0.39, 0.29) is 5.54 Å². The number of anilines is 1. The highest BCUT2D eigenvalue weighted by molar-refractivity contribution is 7.17. The molecule has 0 spiro atoms. The molecule has 0 atom stereocenters. The second-order valence-electron chi connectivity index (χ2n) is 8.32. The van der Waals surface area contributed by atoms with Crippen molar-refractivity contribution in [3.05, 3.63) is 29.6 Å². The van der Waals surface area contributed by atoms with Gasteiger partial charge in [0.05, 0.1) is 0 Å². The molecule has 1 aromatic carbocycles. The van der Waals surface area contributed by atoms with Crippen molar-refractivity contribution in [2.75, 3.05) is 37.6 Å². The molecule has 1 saturated carbocycles. The zero-order chi connectivity index (χ0) is 17.3. The van der Waals surface area contributed by atoms with Crippen molar-refractivity contribution >= 4 is 27.1 Å². The maximum absolute atomic E-state index is 6.27. The molecule has 2 aromatic rings. The van der Waals surface area contributed by atoms with Gasteiger partial charge in [-0.25, -0.2) is 0 Å². The molecule has 1 aliphatic carbocycles. The highest BCUT2D eigenvalue weighted by atomic mass is 32.1. The van der Waals surface area contributed by atoms with E-state index in [0.717, 1.165) is 19.0 Å². The molecule has 0 radical (unpaired) electrons. The summed E-state index contributed by atoms with van der Waals surface area (Å²) >= 11 is 1.84. The number of piperazine rings is 1. The minimum Gasteiger partial charge on any atom is -0.368 e. The van der Waals surface area contributed by atoms with Crippen LogP contribution in [-0.4, -0.2) is 43.2 Å². The first-order chi connectivity index (χ1) is 12.1. The van der Waals surface area contributed by atoms with E-state index < -0.39 is 0 Å². The van der Waals surface area contributed by atoms with Crippen molar-refractivity contribution in [2.45, 2.75) is 44.6 Å². The lowest BCUT2D eigenvalue weighted by atomic mass is 9.77. The number of fused-ring (bicyclic) bond motifs is 1. The SMILES string of the molecule is CC1(N)CCC(CCN2CCN(c3cccc4sccc34)CC2)CC1. The van der Waals surface area contributed by atoms with Crippen molar-refractivity contribution in [1.82, 2.24) is 4.90 Å². The van der Waals surface area contributed by atoms with Gasteiger partial charge in [-0.2, -0.15) is 0 Å². The van der Waals surface area contributed by atoms with Gasteiger partial charge >= 0.3 is 0 Å². The molecule has 136 valence electrons. The van der Waals surface area contributed by atoms with Gasteiger partial charge in [0.2, 0.25) is 0 Å². The highest BCUT2D eigenvalue weighted by Gasteiger charge is 2.27. The number of thiophene rings is 1. The topological polar surface area (TPSA) is 32.5 Å². The quantitative estimate of drug-likeness (QED) is 0.884. The molecule has 0 amide bonds. The summed E-state index contributed by atoms with van der Waals surface area (Å²) in [4.78, 5) is 5.24. The van der Waals surface area contributed by atoms with E-state index in [1.807, 2.05) is 11.3 Å². The first-order valence-electron chi connectivity index (χ1n) is 9.83. The smallest absolute Gasteiger partial charge is 0.0455 e. The lowest BCUT2D eigenvalue weighted by Crippen LogP contribution is -2.47. The molecule has 0 bridgehead atoms. The molecule has 2 N–H and O–H groups in total. The van der Waals surface area contributed by atoms with E-state index in [1.54, 1.807) is 0 Å². The summed E-state index contributed by atoms with van der Waals surface area (Å²) < 4.78 is 1.41. The van der Waals surface area contributed by atoms with Gasteiger partial charge in [-0.3, -0.25) is 4.90 Å². The van der Waals surface area contributed by atoms with Crippen LogP contribution in [0.25, 0.3) is 10.1 Å². The summed E-state index contributed by atoms with van der Waals surface area (Å²) in [5.74, 6) is 0.897. The van der Waals surface area contributed by atoms with E-state index in [1.165, 1.54) is 67.5 Å². The van der Waals surface area contributed by atoms with Gasteiger partial charge in [-0.05, 0) is 75.1 Å². The fourth-order valence-corrected chi connectivity index (χ4v) is 5.26. The lowest BCUT2D eigenvalue weighted by molar-refractivity contribution is 0.196. The fourth-order valence-electron chi connectivity index (χ4n) is 4.46. The van der Waals surface area contributed by atoms with Crippen LogP contribution in [0.4, 0.5) is 5.69 Å². The van der Waals surface area contributed by atoms with Gasteiger partial charge in [0.25, 0.3) is 0 Å². The molecule has 0 unspecified atom stereocenters. The fraction of sp³-hybridized carbons (Fsp3) is 0.619. The van der Waals surface area contributed by atoms with E-state index in [4.69, 9.17) is 5.73 Å². The van der Waals surface area contributed by atoms with E-state index >= 15 is 0 Å². The van der Waals surface area contributed by atoms with Gasteiger partial charge in [0, 0.05) is 47.5 Å². The molecule has 3 nitrogen and oxygen atoms in total. The van der Waals surface area contributed by atoms with Crippen molar-refractivity contribution in [3.63, 3.8) is 0 Å². The summed E-state index contributed by atoms with van der Waals surface area (Å²) in [6, 6.07) is 9.00. The normalized spacial score (nSPS) is 28.6. The van der Waals surface area contributed by atoms with Crippen LogP contribution in [0, 0.1) is 5.92 Å². The number of nitrogens with two attached hydrogens (primary N) is 1. The number of rotatable bonds is 4. The predicted molar refractivity (Wildman–Crippen MR) is 110 cm³/mol. The maximum Gasteiger partial charge on any atom is 0.0455 e. The molecule has 4 rings (SSSR count). The zero-order valence-corrected chi connectivity index (χ0v) is 16.2. The second-order valence-corrected chi connectivity index (χ2v) is 9.27. The number of benzene rings is 1. The van der Waals surface area contributed by atoms with Crippen LogP contribution in [-0.2, 0) is 0 Å². The van der Waals surface area contributed by atoms with Crippen molar-refractivity contribution < 1.29 is 0 Å². The monoisotopic (exact) mass is 357 g/mol. The zero-order valence-electron chi connectivity index (χ0n) is 15.4. The van der Waals surface area contributed by atoms with Crippen LogP contribution in [0.2, 0.25) is 0 Å². The summed E-state index contributed by atoms with van der Waals surface area (Å²) in [5, 5.41) is 3.63. The van der Waals surface area contributed by atoms with Crippen LogP contribution in [0.1, 0.15) is 39.0 Å². The van der Waals surface area contributed by atoms with Crippen LogP contribution in [0.3, 0.4) is 0 Å².